The minimum Gasteiger partial charge on any atom is -0.338 e. The van der Waals surface area contributed by atoms with E-state index in [-0.39, 0.29) is 11.5 Å². The van der Waals surface area contributed by atoms with Gasteiger partial charge in [0.15, 0.2) is 0 Å². The molecule has 1 saturated heterocycles. The summed E-state index contributed by atoms with van der Waals surface area (Å²) in [6, 6.07) is 6.87. The number of rotatable bonds is 4. The SMILES string of the molecule is O=C(c1cc(F)ccc1F)N1CCC[C@H](c2nccn2Cc2ccncc2)C1. The van der Waals surface area contributed by atoms with E-state index < -0.39 is 17.5 Å². The van der Waals surface area contributed by atoms with E-state index in [0.29, 0.717) is 19.6 Å². The Morgan fingerprint density at radius 1 is 1.14 bits per heavy atom. The van der Waals surface area contributed by atoms with Gasteiger partial charge in [-0.25, -0.2) is 13.8 Å². The molecule has 144 valence electrons. The summed E-state index contributed by atoms with van der Waals surface area (Å²) in [7, 11) is 0. The summed E-state index contributed by atoms with van der Waals surface area (Å²) in [5.74, 6) is -0.854. The number of hydrogen-bond acceptors (Lipinski definition) is 3. The fourth-order valence-corrected chi connectivity index (χ4v) is 3.70. The van der Waals surface area contributed by atoms with Crippen molar-refractivity contribution in [2.75, 3.05) is 13.1 Å². The maximum Gasteiger partial charge on any atom is 0.256 e. The molecular formula is C21H20F2N4O. The van der Waals surface area contributed by atoms with Gasteiger partial charge in [-0.2, -0.15) is 0 Å². The predicted molar refractivity (Wildman–Crippen MR) is 99.8 cm³/mol. The highest BCUT2D eigenvalue weighted by Gasteiger charge is 2.29. The molecule has 1 aromatic carbocycles. The van der Waals surface area contributed by atoms with Crippen molar-refractivity contribution in [3.05, 3.63) is 83.7 Å². The molecule has 0 spiro atoms. The number of carbonyl (C=O) groups is 1. The van der Waals surface area contributed by atoms with E-state index in [1.54, 1.807) is 23.5 Å². The third-order valence-electron chi connectivity index (χ3n) is 5.08. The standard InChI is InChI=1S/C21H20F2N4O/c22-17-3-4-19(23)18(12-17)21(28)27-10-1-2-16(14-27)20-25-9-11-26(20)13-15-5-7-24-8-6-15/h3-9,11-12,16H,1-2,10,13-14H2/t16-/m0/s1. The minimum absolute atomic E-state index is 0.0474. The molecule has 2 aromatic heterocycles. The lowest BCUT2D eigenvalue weighted by Crippen LogP contribution is -2.40. The highest BCUT2D eigenvalue weighted by molar-refractivity contribution is 5.94. The fraction of sp³-hybridized carbons (Fsp3) is 0.286. The Morgan fingerprint density at radius 3 is 2.79 bits per heavy atom. The Kier molecular flexibility index (Phi) is 5.14. The van der Waals surface area contributed by atoms with Gasteiger partial charge in [-0.3, -0.25) is 9.78 Å². The van der Waals surface area contributed by atoms with E-state index in [2.05, 4.69) is 14.5 Å². The predicted octanol–water partition coefficient (Wildman–Crippen LogP) is 3.62. The van der Waals surface area contributed by atoms with Crippen LogP contribution in [0.4, 0.5) is 8.78 Å². The molecule has 0 aliphatic carbocycles. The normalized spacial score (nSPS) is 16.9. The van der Waals surface area contributed by atoms with Crippen molar-refractivity contribution in [1.29, 1.82) is 0 Å². The first kappa shape index (κ1) is 18.3. The van der Waals surface area contributed by atoms with Gasteiger partial charge >= 0.3 is 0 Å². The maximum atomic E-state index is 14.0. The second kappa shape index (κ2) is 7.88. The van der Waals surface area contributed by atoms with Gasteiger partial charge < -0.3 is 9.47 Å². The van der Waals surface area contributed by atoms with E-state index in [1.807, 2.05) is 18.3 Å². The number of nitrogens with zero attached hydrogens (tertiary/aromatic N) is 4. The second-order valence-corrected chi connectivity index (χ2v) is 6.98. The molecule has 1 fully saturated rings. The maximum absolute atomic E-state index is 14.0. The molecule has 28 heavy (non-hydrogen) atoms. The fourth-order valence-electron chi connectivity index (χ4n) is 3.70. The van der Waals surface area contributed by atoms with Gasteiger partial charge in [-0.05, 0) is 48.7 Å². The van der Waals surface area contributed by atoms with E-state index in [1.165, 1.54) is 0 Å². The van der Waals surface area contributed by atoms with Crippen LogP contribution in [0, 0.1) is 11.6 Å². The summed E-state index contributed by atoms with van der Waals surface area (Å²) >= 11 is 0. The molecular weight excluding hydrogens is 362 g/mol. The van der Waals surface area contributed by atoms with Gasteiger partial charge in [0, 0.05) is 50.3 Å². The van der Waals surface area contributed by atoms with Gasteiger partial charge in [0.25, 0.3) is 5.91 Å². The monoisotopic (exact) mass is 382 g/mol. The number of aromatic nitrogens is 3. The van der Waals surface area contributed by atoms with E-state index >= 15 is 0 Å². The Bertz CT molecular complexity index is 974. The van der Waals surface area contributed by atoms with Crippen molar-refractivity contribution >= 4 is 5.91 Å². The molecule has 3 aromatic rings. The first-order chi connectivity index (χ1) is 13.6. The van der Waals surface area contributed by atoms with E-state index in [4.69, 9.17) is 0 Å². The Hall–Kier alpha value is -3.09. The van der Waals surface area contributed by atoms with Crippen LogP contribution in [0.1, 0.15) is 40.5 Å². The average Bonchev–Trinajstić information content (AvgIpc) is 3.18. The zero-order valence-corrected chi connectivity index (χ0v) is 15.3. The Balaban J connectivity index is 1.53. The molecule has 0 unspecified atom stereocenters. The van der Waals surface area contributed by atoms with Crippen molar-refractivity contribution in [3.63, 3.8) is 0 Å². The molecule has 4 rings (SSSR count). The van der Waals surface area contributed by atoms with Crippen molar-refractivity contribution in [2.45, 2.75) is 25.3 Å². The van der Waals surface area contributed by atoms with Crippen LogP contribution >= 0.6 is 0 Å². The number of halogens is 2. The van der Waals surface area contributed by atoms with Crippen LogP contribution in [-0.4, -0.2) is 38.4 Å². The van der Waals surface area contributed by atoms with Crippen molar-refractivity contribution in [3.8, 4) is 0 Å². The molecule has 0 N–H and O–H groups in total. The Morgan fingerprint density at radius 2 is 1.96 bits per heavy atom. The van der Waals surface area contributed by atoms with Crippen LogP contribution in [-0.2, 0) is 6.54 Å². The smallest absolute Gasteiger partial charge is 0.256 e. The summed E-state index contributed by atoms with van der Waals surface area (Å²) < 4.78 is 29.6. The van der Waals surface area contributed by atoms with Crippen LogP contribution in [0.2, 0.25) is 0 Å². The summed E-state index contributed by atoms with van der Waals surface area (Å²) in [5.41, 5.74) is 0.889. The van der Waals surface area contributed by atoms with Crippen molar-refractivity contribution in [2.24, 2.45) is 0 Å². The third-order valence-corrected chi connectivity index (χ3v) is 5.08. The lowest BCUT2D eigenvalue weighted by Gasteiger charge is -2.33. The largest absolute Gasteiger partial charge is 0.338 e. The van der Waals surface area contributed by atoms with E-state index in [0.717, 1.165) is 42.4 Å². The van der Waals surface area contributed by atoms with Crippen LogP contribution in [0.5, 0.6) is 0 Å². The van der Waals surface area contributed by atoms with Crippen LogP contribution in [0.25, 0.3) is 0 Å². The van der Waals surface area contributed by atoms with Crippen LogP contribution in [0.3, 0.4) is 0 Å². The lowest BCUT2D eigenvalue weighted by molar-refractivity contribution is 0.0698. The minimum atomic E-state index is -0.701. The Labute approximate surface area is 161 Å². The van der Waals surface area contributed by atoms with Gasteiger partial charge in [0.2, 0.25) is 0 Å². The highest BCUT2D eigenvalue weighted by Crippen LogP contribution is 2.27. The van der Waals surface area contributed by atoms with E-state index in [9.17, 15) is 13.6 Å². The summed E-state index contributed by atoms with van der Waals surface area (Å²) in [6.07, 6.45) is 8.85. The van der Waals surface area contributed by atoms with Gasteiger partial charge in [-0.1, -0.05) is 0 Å². The van der Waals surface area contributed by atoms with Gasteiger partial charge in [0.1, 0.15) is 17.5 Å². The number of piperidine rings is 1. The van der Waals surface area contributed by atoms with Crippen molar-refractivity contribution in [1.82, 2.24) is 19.4 Å². The number of imidazole rings is 1. The summed E-state index contributed by atoms with van der Waals surface area (Å²) in [6.45, 7) is 1.62. The van der Waals surface area contributed by atoms with Gasteiger partial charge in [0.05, 0.1) is 5.56 Å². The molecule has 0 bridgehead atoms. The molecule has 1 atom stereocenters. The topological polar surface area (TPSA) is 51.0 Å². The molecule has 1 amide bonds. The molecule has 3 heterocycles. The highest BCUT2D eigenvalue weighted by atomic mass is 19.1. The molecule has 0 radical (unpaired) electrons. The average molecular weight is 382 g/mol. The number of hydrogen-bond donors (Lipinski definition) is 0. The number of pyridine rings is 1. The first-order valence-electron chi connectivity index (χ1n) is 9.26. The number of likely N-dealkylation sites (tertiary alicyclic amines) is 1. The number of amides is 1. The van der Waals surface area contributed by atoms with Crippen molar-refractivity contribution < 1.29 is 13.6 Å². The third kappa shape index (κ3) is 3.78. The van der Waals surface area contributed by atoms with Crippen LogP contribution < -0.4 is 0 Å². The lowest BCUT2D eigenvalue weighted by atomic mass is 9.96. The summed E-state index contributed by atoms with van der Waals surface area (Å²) in [4.78, 5) is 22.9. The quantitative estimate of drug-likeness (QED) is 0.693. The van der Waals surface area contributed by atoms with Gasteiger partial charge in [-0.15, -0.1) is 0 Å². The molecule has 1 aliphatic heterocycles. The molecule has 7 heteroatoms. The molecule has 0 saturated carbocycles. The first-order valence-corrected chi connectivity index (χ1v) is 9.26. The van der Waals surface area contributed by atoms with Crippen LogP contribution in [0.15, 0.2) is 55.1 Å². The zero-order chi connectivity index (χ0) is 19.5. The summed E-state index contributed by atoms with van der Waals surface area (Å²) in [5, 5.41) is 0. The second-order valence-electron chi connectivity index (χ2n) is 6.98. The number of benzene rings is 1. The number of carbonyl (C=O) groups excluding carboxylic acids is 1. The molecule has 1 aliphatic rings. The zero-order valence-electron chi connectivity index (χ0n) is 15.3. The molecule has 5 nitrogen and oxygen atoms in total.